The molecule has 0 bridgehead atoms. The van der Waals surface area contributed by atoms with E-state index in [9.17, 15) is 4.79 Å². The van der Waals surface area contributed by atoms with Crippen molar-refractivity contribution in [2.24, 2.45) is 12.5 Å². The summed E-state index contributed by atoms with van der Waals surface area (Å²) in [6, 6.07) is 8.02. The molecule has 0 saturated carbocycles. The zero-order valence-electron chi connectivity index (χ0n) is 16.9. The predicted octanol–water partition coefficient (Wildman–Crippen LogP) is 3.70. The average molecular weight is 398 g/mol. The number of nitrogens with zero attached hydrogens (tertiary/aromatic N) is 4. The minimum Gasteiger partial charge on any atom is -0.341 e. The number of hydrogen-bond donors (Lipinski definition) is 1. The van der Waals surface area contributed by atoms with Crippen molar-refractivity contribution >= 4 is 28.7 Å². The summed E-state index contributed by atoms with van der Waals surface area (Å²) in [5, 5.41) is 4.52. The van der Waals surface area contributed by atoms with Gasteiger partial charge in [0.25, 0.3) is 0 Å². The number of thioether (sulfide) groups is 1. The molecule has 6 nitrogen and oxygen atoms in total. The third-order valence-corrected chi connectivity index (χ3v) is 6.51. The Morgan fingerprint density at radius 3 is 2.93 bits per heavy atom. The van der Waals surface area contributed by atoms with E-state index in [1.165, 1.54) is 5.69 Å². The number of amides is 1. The summed E-state index contributed by atoms with van der Waals surface area (Å²) in [4.78, 5) is 23.0. The fourth-order valence-corrected chi connectivity index (χ4v) is 4.71. The van der Waals surface area contributed by atoms with Crippen molar-refractivity contribution < 1.29 is 4.79 Å². The highest BCUT2D eigenvalue weighted by atomic mass is 32.2. The summed E-state index contributed by atoms with van der Waals surface area (Å²) in [5.74, 6) is 1.55. The van der Waals surface area contributed by atoms with Gasteiger partial charge in [0.2, 0.25) is 5.91 Å². The number of H-pyrrole nitrogens is 1. The third-order valence-electron chi connectivity index (χ3n) is 5.38. The maximum atomic E-state index is 13.0. The van der Waals surface area contributed by atoms with E-state index < -0.39 is 0 Å². The molecule has 3 aromatic rings. The fraction of sp³-hybridized carbons (Fsp3) is 0.476. The average Bonchev–Trinajstić information content (AvgIpc) is 3.19. The SMILES string of the molecule is CC(SCC(=O)N1Cc2cnn(C)c2CC(C)(C)C1)c1nc2ccccc2[nH]1. The minimum absolute atomic E-state index is 0.0315. The molecular formula is C21H27N5OS. The molecule has 0 spiro atoms. The molecule has 28 heavy (non-hydrogen) atoms. The number of hydrogen-bond acceptors (Lipinski definition) is 4. The topological polar surface area (TPSA) is 66.8 Å². The van der Waals surface area contributed by atoms with Gasteiger partial charge in [-0.05, 0) is 30.9 Å². The molecule has 1 N–H and O–H groups in total. The van der Waals surface area contributed by atoms with E-state index in [0.717, 1.165) is 35.4 Å². The second-order valence-corrected chi connectivity index (χ2v) is 9.75. The van der Waals surface area contributed by atoms with Gasteiger partial charge in [0.15, 0.2) is 0 Å². The van der Waals surface area contributed by atoms with Crippen molar-refractivity contribution in [3.63, 3.8) is 0 Å². The summed E-state index contributed by atoms with van der Waals surface area (Å²) in [6.45, 7) is 7.95. The number of nitrogens with one attached hydrogen (secondary N) is 1. The first-order valence-electron chi connectivity index (χ1n) is 9.66. The number of aryl methyl sites for hydroxylation is 1. The highest BCUT2D eigenvalue weighted by Gasteiger charge is 2.32. The third kappa shape index (κ3) is 3.81. The Balaban J connectivity index is 1.44. The lowest BCUT2D eigenvalue weighted by Crippen LogP contribution is -2.38. The van der Waals surface area contributed by atoms with Gasteiger partial charge in [-0.1, -0.05) is 26.0 Å². The lowest BCUT2D eigenvalue weighted by Gasteiger charge is -2.30. The number of fused-ring (bicyclic) bond motifs is 2. The minimum atomic E-state index is 0.0315. The summed E-state index contributed by atoms with van der Waals surface area (Å²) in [7, 11) is 1.98. The van der Waals surface area contributed by atoms with Crippen molar-refractivity contribution in [1.29, 1.82) is 0 Å². The van der Waals surface area contributed by atoms with Gasteiger partial charge in [-0.25, -0.2) is 4.98 Å². The molecule has 7 heteroatoms. The van der Waals surface area contributed by atoms with Crippen molar-refractivity contribution in [3.05, 3.63) is 47.5 Å². The first kappa shape index (κ1) is 19.1. The Kier molecular flexibility index (Phi) is 4.95. The normalized spacial score (nSPS) is 17.4. The largest absolute Gasteiger partial charge is 0.341 e. The van der Waals surface area contributed by atoms with E-state index in [0.29, 0.717) is 12.3 Å². The van der Waals surface area contributed by atoms with Crippen LogP contribution >= 0.6 is 11.8 Å². The van der Waals surface area contributed by atoms with Crippen molar-refractivity contribution in [1.82, 2.24) is 24.6 Å². The highest BCUT2D eigenvalue weighted by molar-refractivity contribution is 8.00. The van der Waals surface area contributed by atoms with Gasteiger partial charge in [0, 0.05) is 31.4 Å². The van der Waals surface area contributed by atoms with Crippen LogP contribution in [-0.4, -0.2) is 42.9 Å². The Morgan fingerprint density at radius 2 is 2.14 bits per heavy atom. The van der Waals surface area contributed by atoms with Crippen molar-refractivity contribution in [2.75, 3.05) is 12.3 Å². The lowest BCUT2D eigenvalue weighted by molar-refractivity contribution is -0.130. The molecule has 2 aromatic heterocycles. The summed E-state index contributed by atoms with van der Waals surface area (Å²) in [6.07, 6.45) is 2.84. The number of carbonyl (C=O) groups is 1. The van der Waals surface area contributed by atoms with Crippen LogP contribution in [-0.2, 0) is 24.8 Å². The van der Waals surface area contributed by atoms with Gasteiger partial charge in [-0.3, -0.25) is 9.48 Å². The molecule has 0 aliphatic carbocycles. The van der Waals surface area contributed by atoms with Gasteiger partial charge in [-0.15, -0.1) is 11.8 Å². The maximum absolute atomic E-state index is 13.0. The quantitative estimate of drug-likeness (QED) is 0.729. The first-order chi connectivity index (χ1) is 13.3. The summed E-state index contributed by atoms with van der Waals surface area (Å²) >= 11 is 1.63. The van der Waals surface area contributed by atoms with Crippen LogP contribution in [0.5, 0.6) is 0 Å². The number of para-hydroxylation sites is 2. The Labute approximate surface area is 169 Å². The summed E-state index contributed by atoms with van der Waals surface area (Å²) < 4.78 is 1.95. The van der Waals surface area contributed by atoms with Crippen LogP contribution in [0.2, 0.25) is 0 Å². The van der Waals surface area contributed by atoms with E-state index >= 15 is 0 Å². The highest BCUT2D eigenvalue weighted by Crippen LogP contribution is 2.32. The van der Waals surface area contributed by atoms with Crippen LogP contribution < -0.4 is 0 Å². The molecule has 1 amide bonds. The van der Waals surface area contributed by atoms with Gasteiger partial charge in [-0.2, -0.15) is 5.10 Å². The Morgan fingerprint density at radius 1 is 1.36 bits per heavy atom. The smallest absolute Gasteiger partial charge is 0.232 e. The zero-order valence-corrected chi connectivity index (χ0v) is 17.7. The fourth-order valence-electron chi connectivity index (χ4n) is 3.86. The summed E-state index contributed by atoms with van der Waals surface area (Å²) in [5.41, 5.74) is 4.44. The second kappa shape index (κ2) is 7.28. The predicted molar refractivity (Wildman–Crippen MR) is 113 cm³/mol. The molecule has 0 fully saturated rings. The van der Waals surface area contributed by atoms with Gasteiger partial charge in [0.05, 0.1) is 28.2 Å². The van der Waals surface area contributed by atoms with E-state index in [4.69, 9.17) is 0 Å². The number of aromatic nitrogens is 4. The molecule has 0 radical (unpaired) electrons. The van der Waals surface area contributed by atoms with E-state index in [-0.39, 0.29) is 16.6 Å². The number of imidazole rings is 1. The van der Waals surface area contributed by atoms with Crippen molar-refractivity contribution in [3.8, 4) is 0 Å². The molecule has 1 aromatic carbocycles. The van der Waals surface area contributed by atoms with E-state index in [1.807, 2.05) is 47.1 Å². The molecule has 1 atom stereocenters. The zero-order chi connectivity index (χ0) is 19.9. The van der Waals surface area contributed by atoms with Crippen LogP contribution in [0.25, 0.3) is 11.0 Å². The van der Waals surface area contributed by atoms with E-state index in [2.05, 4.69) is 35.8 Å². The molecule has 1 aliphatic rings. The van der Waals surface area contributed by atoms with Crippen LogP contribution in [0.4, 0.5) is 0 Å². The monoisotopic (exact) mass is 397 g/mol. The molecule has 1 aliphatic heterocycles. The molecule has 148 valence electrons. The number of rotatable bonds is 4. The maximum Gasteiger partial charge on any atom is 0.232 e. The molecule has 3 heterocycles. The van der Waals surface area contributed by atoms with Crippen LogP contribution in [0.15, 0.2) is 30.5 Å². The standard InChI is InChI=1S/C21H27N5OS/c1-14(20-23-16-7-5-6-8-17(16)24-20)28-12-19(27)26-11-15-10-22-25(4)18(15)9-21(2,3)13-26/h5-8,10,14H,9,11-13H2,1-4H3,(H,23,24). The van der Waals surface area contributed by atoms with E-state index in [1.54, 1.807) is 11.8 Å². The van der Waals surface area contributed by atoms with Crippen molar-refractivity contribution in [2.45, 2.75) is 39.0 Å². The first-order valence-corrected chi connectivity index (χ1v) is 10.7. The van der Waals surface area contributed by atoms with Gasteiger partial charge < -0.3 is 9.88 Å². The second-order valence-electron chi connectivity index (χ2n) is 8.42. The Bertz CT molecular complexity index is 972. The van der Waals surface area contributed by atoms with Crippen LogP contribution in [0, 0.1) is 5.41 Å². The van der Waals surface area contributed by atoms with Crippen LogP contribution in [0.1, 0.15) is 43.1 Å². The molecule has 0 saturated heterocycles. The van der Waals surface area contributed by atoms with Crippen LogP contribution in [0.3, 0.4) is 0 Å². The molecule has 1 unspecified atom stereocenters. The lowest BCUT2D eigenvalue weighted by atomic mass is 9.87. The number of benzene rings is 1. The Hall–Kier alpha value is -2.28. The molecule has 4 rings (SSSR count). The number of carbonyl (C=O) groups excluding carboxylic acids is 1. The van der Waals surface area contributed by atoms with Gasteiger partial charge >= 0.3 is 0 Å². The van der Waals surface area contributed by atoms with Gasteiger partial charge in [0.1, 0.15) is 5.82 Å². The molecular weight excluding hydrogens is 370 g/mol. The number of aromatic amines is 1.